The molecule has 0 heterocycles. The van der Waals surface area contributed by atoms with E-state index in [1.165, 1.54) is 0 Å². The maximum atomic E-state index is 12.6. The van der Waals surface area contributed by atoms with Crippen LogP contribution in [-0.4, -0.2) is 36.9 Å². The molecule has 0 aliphatic heterocycles. The van der Waals surface area contributed by atoms with Crippen molar-refractivity contribution in [1.82, 2.24) is 0 Å². The molecule has 4 nitrogen and oxygen atoms in total. The molecule has 0 saturated carbocycles. The first-order valence-electron chi connectivity index (χ1n) is 3.22. The van der Waals surface area contributed by atoms with Crippen molar-refractivity contribution in [2.24, 2.45) is 0 Å². The minimum Gasteiger partial charge on any atom is -0.743 e. The van der Waals surface area contributed by atoms with Crippen LogP contribution in [0.4, 0.5) is 35.1 Å². The quantitative estimate of drug-likeness (QED) is 0.360. The van der Waals surface area contributed by atoms with Crippen molar-refractivity contribution < 1.29 is 104 Å². The van der Waals surface area contributed by atoms with Crippen LogP contribution in [0.3, 0.4) is 0 Å². The zero-order valence-corrected chi connectivity index (χ0v) is 12.1. The molecule has 0 amide bonds. The molecule has 1 unspecified atom stereocenters. The Morgan fingerprint density at radius 2 is 1.33 bits per heavy atom. The van der Waals surface area contributed by atoms with Crippen molar-refractivity contribution in [1.29, 1.82) is 0 Å². The molecule has 0 saturated heterocycles. The molecule has 0 aromatic heterocycles. The third kappa shape index (κ3) is 4.50. The van der Waals surface area contributed by atoms with E-state index in [9.17, 15) is 48.1 Å². The summed E-state index contributed by atoms with van der Waals surface area (Å²) in [5.41, 5.74) is 0. The third-order valence-electron chi connectivity index (χ3n) is 1.20. The third-order valence-corrected chi connectivity index (χ3v) is 2.14. The van der Waals surface area contributed by atoms with Crippen LogP contribution >= 0.6 is 0 Å². The van der Waals surface area contributed by atoms with Crippen LogP contribution in [-0.2, 0) is 14.9 Å². The summed E-state index contributed by atoms with van der Waals surface area (Å²) in [7, 11) is -6.93. The van der Waals surface area contributed by atoms with E-state index in [0.29, 0.717) is 0 Å². The van der Waals surface area contributed by atoms with Gasteiger partial charge in [0, 0.05) is 0 Å². The fourth-order valence-electron chi connectivity index (χ4n) is 0.437. The first kappa shape index (κ1) is 21.2. The topological polar surface area (TPSA) is 66.4 Å². The Morgan fingerprint density at radius 1 is 1.00 bits per heavy atom. The van der Waals surface area contributed by atoms with Gasteiger partial charge in [0.15, 0.2) is 10.1 Å². The van der Waals surface area contributed by atoms with Gasteiger partial charge in [-0.05, 0) is 0 Å². The molecule has 1 atom stereocenters. The Labute approximate surface area is 137 Å². The normalized spacial score (nSPS) is 17.2. The SMILES string of the molecule is O=S(=O)([O-])C(F)(OC(F)(F)C(F)(F)F)C(F)F.[K+]. The number of halogens is 8. The van der Waals surface area contributed by atoms with Gasteiger partial charge in [0.25, 0.3) is 0 Å². The molecule has 0 fully saturated rings. The van der Waals surface area contributed by atoms with Crippen molar-refractivity contribution in [3.63, 3.8) is 0 Å². The Balaban J connectivity index is 0. The molecule has 0 radical (unpaired) electrons. The smallest absolute Gasteiger partial charge is 0.743 e. The molecule has 18 heavy (non-hydrogen) atoms. The predicted octanol–water partition coefficient (Wildman–Crippen LogP) is -1.40. The zero-order chi connectivity index (χ0) is 14.3. The first-order chi connectivity index (χ1) is 7.15. The minimum atomic E-state index is -6.93. The van der Waals surface area contributed by atoms with Gasteiger partial charge in [-0.25, -0.2) is 17.2 Å². The summed E-state index contributed by atoms with van der Waals surface area (Å²) in [4.78, 5) is 0. The van der Waals surface area contributed by atoms with E-state index in [4.69, 9.17) is 0 Å². The molecular formula is C4HF8KO4S. The second-order valence-corrected chi connectivity index (χ2v) is 3.92. The number of alkyl halides is 8. The molecule has 0 bridgehead atoms. The van der Waals surface area contributed by atoms with Crippen LogP contribution in [0.25, 0.3) is 0 Å². The summed E-state index contributed by atoms with van der Waals surface area (Å²) in [6.07, 6.45) is -18.3. The van der Waals surface area contributed by atoms with E-state index in [1.807, 2.05) is 4.74 Å². The zero-order valence-electron chi connectivity index (χ0n) is 8.14. The fraction of sp³-hybridized carbons (Fsp3) is 1.00. The summed E-state index contributed by atoms with van der Waals surface area (Å²) >= 11 is 0. The van der Waals surface area contributed by atoms with Crippen molar-refractivity contribution in [3.8, 4) is 0 Å². The minimum absolute atomic E-state index is 0. The van der Waals surface area contributed by atoms with E-state index < -0.39 is 34.0 Å². The molecule has 0 aromatic carbocycles. The number of hydrogen-bond donors (Lipinski definition) is 0. The molecule has 0 spiro atoms. The van der Waals surface area contributed by atoms with Gasteiger partial charge in [0.2, 0.25) is 0 Å². The Kier molecular flexibility index (Phi) is 7.26. The molecule has 104 valence electrons. The van der Waals surface area contributed by atoms with Gasteiger partial charge in [0.05, 0.1) is 0 Å². The molecule has 0 aliphatic rings. The van der Waals surface area contributed by atoms with E-state index in [0.717, 1.165) is 0 Å². The van der Waals surface area contributed by atoms with Crippen LogP contribution < -0.4 is 51.4 Å². The Hall–Kier alpha value is 0.946. The largest absolute Gasteiger partial charge is 1.00 e. The first-order valence-corrected chi connectivity index (χ1v) is 4.63. The maximum Gasteiger partial charge on any atom is 1.00 e. The van der Waals surface area contributed by atoms with Gasteiger partial charge in [-0.3, -0.25) is 4.74 Å². The second-order valence-electron chi connectivity index (χ2n) is 2.45. The fourth-order valence-corrected chi connectivity index (χ4v) is 0.862. The second kappa shape index (κ2) is 6.15. The van der Waals surface area contributed by atoms with E-state index >= 15 is 0 Å². The van der Waals surface area contributed by atoms with Crippen LogP contribution in [0.15, 0.2) is 0 Å². The molecule has 14 heteroatoms. The van der Waals surface area contributed by atoms with Crippen LogP contribution in [0.1, 0.15) is 0 Å². The number of hydrogen-bond acceptors (Lipinski definition) is 4. The predicted molar refractivity (Wildman–Crippen MR) is 31.6 cm³/mol. The Morgan fingerprint density at radius 3 is 1.50 bits per heavy atom. The van der Waals surface area contributed by atoms with Gasteiger partial charge < -0.3 is 4.55 Å². The molecular weight excluding hydrogens is 335 g/mol. The summed E-state index contributed by atoms with van der Waals surface area (Å²) in [6, 6.07) is 0. The van der Waals surface area contributed by atoms with Gasteiger partial charge in [-0.15, -0.1) is 0 Å². The molecule has 0 N–H and O–H groups in total. The van der Waals surface area contributed by atoms with Gasteiger partial charge in [-0.2, -0.15) is 26.3 Å². The van der Waals surface area contributed by atoms with Gasteiger partial charge in [0.1, 0.15) is 0 Å². The molecule has 0 aliphatic carbocycles. The van der Waals surface area contributed by atoms with E-state index in [2.05, 4.69) is 0 Å². The summed E-state index contributed by atoms with van der Waals surface area (Å²) < 4.78 is 126. The van der Waals surface area contributed by atoms with Crippen molar-refractivity contribution >= 4 is 10.1 Å². The van der Waals surface area contributed by atoms with E-state index in [-0.39, 0.29) is 51.4 Å². The van der Waals surface area contributed by atoms with Crippen molar-refractivity contribution in [2.75, 3.05) is 0 Å². The van der Waals surface area contributed by atoms with Gasteiger partial charge in [-0.1, -0.05) is 0 Å². The average Bonchev–Trinajstić information content (AvgIpc) is 1.98. The molecule has 0 aromatic rings. The summed E-state index contributed by atoms with van der Waals surface area (Å²) in [5.74, 6) is 0. The van der Waals surface area contributed by atoms with Crippen LogP contribution in [0.5, 0.6) is 0 Å². The van der Waals surface area contributed by atoms with Gasteiger partial charge >= 0.3 is 75.3 Å². The summed E-state index contributed by atoms with van der Waals surface area (Å²) in [5, 5.41) is -6.01. The molecule has 0 rings (SSSR count). The average molecular weight is 336 g/mol. The standard InChI is InChI=1S/C4H2F8O4S.K/c5-1(6)2(7,17(13,14)15)16-4(11,12)3(8,9)10;/h1H,(H,13,14,15);/q;+1/p-1. The van der Waals surface area contributed by atoms with Crippen molar-refractivity contribution in [3.05, 3.63) is 0 Å². The summed E-state index contributed by atoms with van der Waals surface area (Å²) in [6.45, 7) is 0. The van der Waals surface area contributed by atoms with Crippen LogP contribution in [0.2, 0.25) is 0 Å². The van der Waals surface area contributed by atoms with Crippen molar-refractivity contribution in [2.45, 2.75) is 23.9 Å². The Bertz CT molecular complexity index is 379. The van der Waals surface area contributed by atoms with E-state index in [1.54, 1.807) is 0 Å². The monoisotopic (exact) mass is 336 g/mol. The number of ether oxygens (including phenoxy) is 1. The maximum absolute atomic E-state index is 12.6. The number of rotatable bonds is 4. The van der Waals surface area contributed by atoms with Crippen LogP contribution in [0, 0.1) is 0 Å².